The molecule has 3 heteroatoms. The minimum atomic E-state index is 0.628. The smallest absolute Gasteiger partial charge is 0.122 e. The molecule has 0 bridgehead atoms. The molecular weight excluding hydrogens is 337 g/mol. The summed E-state index contributed by atoms with van der Waals surface area (Å²) in [5, 5.41) is 3.65. The normalized spacial score (nSPS) is 15.6. The van der Waals surface area contributed by atoms with Crippen LogP contribution in [0.15, 0.2) is 18.2 Å². The number of halogens is 1. The maximum absolute atomic E-state index is 5.53. The summed E-state index contributed by atoms with van der Waals surface area (Å²) < 4.78 is 6.70. The molecule has 0 radical (unpaired) electrons. The third-order valence-electron chi connectivity index (χ3n) is 3.55. The second-order valence-corrected chi connectivity index (χ2v) is 6.13. The van der Waals surface area contributed by atoms with E-state index in [4.69, 9.17) is 4.74 Å². The Morgan fingerprint density at radius 3 is 2.94 bits per heavy atom. The third kappa shape index (κ3) is 3.60. The predicted molar refractivity (Wildman–Crippen MR) is 84.9 cm³/mol. The zero-order valence-corrected chi connectivity index (χ0v) is 13.4. The lowest BCUT2D eigenvalue weighted by atomic mass is 10.0. The molecule has 0 aromatic heterocycles. The van der Waals surface area contributed by atoms with Gasteiger partial charge in [0.1, 0.15) is 5.75 Å². The molecule has 1 aliphatic heterocycles. The van der Waals surface area contributed by atoms with Crippen molar-refractivity contribution in [2.75, 3.05) is 17.6 Å². The van der Waals surface area contributed by atoms with Gasteiger partial charge in [0.2, 0.25) is 0 Å². The van der Waals surface area contributed by atoms with E-state index in [1.165, 1.54) is 15.6 Å². The summed E-state index contributed by atoms with van der Waals surface area (Å²) in [5.41, 5.74) is 2.80. The van der Waals surface area contributed by atoms with Crippen molar-refractivity contribution in [1.82, 2.24) is 5.32 Å². The summed E-state index contributed by atoms with van der Waals surface area (Å²) in [6.45, 7) is 6.47. The SMILES string of the molecule is CC(C)C(CI)NCCc1ccc2c(c1)CCO2. The molecule has 0 fully saturated rings. The fourth-order valence-electron chi connectivity index (χ4n) is 2.27. The largest absolute Gasteiger partial charge is 0.493 e. The van der Waals surface area contributed by atoms with E-state index in [1.807, 2.05) is 0 Å². The summed E-state index contributed by atoms with van der Waals surface area (Å²) in [7, 11) is 0. The van der Waals surface area contributed by atoms with Crippen molar-refractivity contribution in [1.29, 1.82) is 0 Å². The van der Waals surface area contributed by atoms with Crippen molar-refractivity contribution in [2.24, 2.45) is 5.92 Å². The Hall–Kier alpha value is -0.290. The van der Waals surface area contributed by atoms with Gasteiger partial charge >= 0.3 is 0 Å². The van der Waals surface area contributed by atoms with Crippen LogP contribution in [-0.4, -0.2) is 23.6 Å². The van der Waals surface area contributed by atoms with Gasteiger partial charge in [-0.05, 0) is 36.1 Å². The average molecular weight is 359 g/mol. The van der Waals surface area contributed by atoms with Crippen molar-refractivity contribution >= 4 is 22.6 Å². The van der Waals surface area contributed by atoms with Gasteiger partial charge in [-0.2, -0.15) is 0 Å². The molecule has 100 valence electrons. The number of rotatable bonds is 6. The highest BCUT2D eigenvalue weighted by Crippen LogP contribution is 2.25. The second kappa shape index (κ2) is 6.75. The highest BCUT2D eigenvalue weighted by molar-refractivity contribution is 14.1. The molecular formula is C15H22INO. The Kier molecular flexibility index (Phi) is 5.30. The van der Waals surface area contributed by atoms with E-state index >= 15 is 0 Å². The lowest BCUT2D eigenvalue weighted by Crippen LogP contribution is -2.36. The molecule has 1 heterocycles. The van der Waals surface area contributed by atoms with E-state index in [0.717, 1.165) is 31.7 Å². The standard InChI is InChI=1S/C15H22INO/c1-11(2)14(10-16)17-7-5-12-3-4-15-13(9-12)6-8-18-15/h3-4,9,11,14,17H,5-8,10H2,1-2H3. The van der Waals surface area contributed by atoms with Gasteiger partial charge in [0, 0.05) is 16.9 Å². The van der Waals surface area contributed by atoms with Crippen molar-refractivity contribution < 1.29 is 4.74 Å². The molecule has 0 spiro atoms. The van der Waals surface area contributed by atoms with Crippen LogP contribution in [0.2, 0.25) is 0 Å². The first-order valence-electron chi connectivity index (χ1n) is 6.74. The Bertz CT molecular complexity index is 392. The van der Waals surface area contributed by atoms with Gasteiger partial charge < -0.3 is 10.1 Å². The zero-order valence-electron chi connectivity index (χ0n) is 11.2. The summed E-state index contributed by atoms with van der Waals surface area (Å²) in [5.74, 6) is 1.79. The summed E-state index contributed by atoms with van der Waals surface area (Å²) in [4.78, 5) is 0. The second-order valence-electron chi connectivity index (χ2n) is 5.25. The minimum Gasteiger partial charge on any atom is -0.493 e. The van der Waals surface area contributed by atoms with Gasteiger partial charge in [0.15, 0.2) is 0 Å². The van der Waals surface area contributed by atoms with E-state index in [0.29, 0.717) is 12.0 Å². The quantitative estimate of drug-likeness (QED) is 0.622. The first-order valence-corrected chi connectivity index (χ1v) is 8.27. The van der Waals surface area contributed by atoms with Gasteiger partial charge in [-0.3, -0.25) is 0 Å². The summed E-state index contributed by atoms with van der Waals surface area (Å²) in [6, 6.07) is 7.25. The fraction of sp³-hybridized carbons (Fsp3) is 0.600. The van der Waals surface area contributed by atoms with E-state index in [1.54, 1.807) is 0 Å². The van der Waals surface area contributed by atoms with Gasteiger partial charge in [-0.15, -0.1) is 0 Å². The Balaban J connectivity index is 1.83. The average Bonchev–Trinajstić information content (AvgIpc) is 2.81. The van der Waals surface area contributed by atoms with Crippen LogP contribution in [0.25, 0.3) is 0 Å². The highest BCUT2D eigenvalue weighted by atomic mass is 127. The third-order valence-corrected chi connectivity index (χ3v) is 4.49. The zero-order chi connectivity index (χ0) is 13.0. The molecule has 1 unspecified atom stereocenters. The van der Waals surface area contributed by atoms with E-state index in [9.17, 15) is 0 Å². The molecule has 1 aliphatic rings. The molecule has 1 atom stereocenters. The van der Waals surface area contributed by atoms with Crippen LogP contribution < -0.4 is 10.1 Å². The fourth-order valence-corrected chi connectivity index (χ4v) is 3.59. The monoisotopic (exact) mass is 359 g/mol. The Labute approximate surface area is 124 Å². The molecule has 0 saturated heterocycles. The number of ether oxygens (including phenoxy) is 1. The molecule has 0 aliphatic carbocycles. The molecule has 18 heavy (non-hydrogen) atoms. The Morgan fingerprint density at radius 1 is 1.39 bits per heavy atom. The number of nitrogens with one attached hydrogen (secondary N) is 1. The maximum Gasteiger partial charge on any atom is 0.122 e. The molecule has 1 aromatic carbocycles. The van der Waals surface area contributed by atoms with Crippen LogP contribution in [0, 0.1) is 5.92 Å². The van der Waals surface area contributed by atoms with Crippen molar-refractivity contribution in [3.8, 4) is 5.75 Å². The van der Waals surface area contributed by atoms with Crippen molar-refractivity contribution in [3.63, 3.8) is 0 Å². The van der Waals surface area contributed by atoms with Gasteiger partial charge in [-0.25, -0.2) is 0 Å². The predicted octanol–water partition coefficient (Wildman–Crippen LogP) is 3.21. The first kappa shape index (κ1) is 14.1. The summed E-state index contributed by atoms with van der Waals surface area (Å²) >= 11 is 2.46. The van der Waals surface area contributed by atoms with Crippen LogP contribution in [0.5, 0.6) is 5.75 Å². The first-order chi connectivity index (χ1) is 8.70. The number of fused-ring (bicyclic) bond motifs is 1. The molecule has 0 saturated carbocycles. The van der Waals surface area contributed by atoms with Crippen LogP contribution in [0.4, 0.5) is 0 Å². The number of hydrogen-bond donors (Lipinski definition) is 1. The Morgan fingerprint density at radius 2 is 2.22 bits per heavy atom. The van der Waals surface area contributed by atoms with Crippen LogP contribution in [0.1, 0.15) is 25.0 Å². The molecule has 1 aromatic rings. The van der Waals surface area contributed by atoms with Gasteiger partial charge in [0.05, 0.1) is 6.61 Å². The van der Waals surface area contributed by atoms with Crippen LogP contribution in [-0.2, 0) is 12.8 Å². The number of hydrogen-bond acceptors (Lipinski definition) is 2. The lowest BCUT2D eigenvalue weighted by Gasteiger charge is -2.20. The molecule has 2 rings (SSSR count). The maximum atomic E-state index is 5.53. The summed E-state index contributed by atoms with van der Waals surface area (Å²) in [6.07, 6.45) is 2.17. The molecule has 0 amide bonds. The van der Waals surface area contributed by atoms with E-state index in [-0.39, 0.29) is 0 Å². The number of benzene rings is 1. The van der Waals surface area contributed by atoms with Gasteiger partial charge in [-0.1, -0.05) is 48.6 Å². The van der Waals surface area contributed by atoms with E-state index in [2.05, 4.69) is 60.0 Å². The lowest BCUT2D eigenvalue weighted by molar-refractivity contribution is 0.357. The van der Waals surface area contributed by atoms with E-state index < -0.39 is 0 Å². The highest BCUT2D eigenvalue weighted by Gasteiger charge is 2.13. The van der Waals surface area contributed by atoms with Crippen LogP contribution in [0.3, 0.4) is 0 Å². The van der Waals surface area contributed by atoms with Crippen LogP contribution >= 0.6 is 22.6 Å². The minimum absolute atomic E-state index is 0.628. The van der Waals surface area contributed by atoms with Crippen molar-refractivity contribution in [2.45, 2.75) is 32.7 Å². The van der Waals surface area contributed by atoms with Gasteiger partial charge in [0.25, 0.3) is 0 Å². The van der Waals surface area contributed by atoms with Crippen molar-refractivity contribution in [3.05, 3.63) is 29.3 Å². The molecule has 2 nitrogen and oxygen atoms in total. The molecule has 1 N–H and O–H groups in total. The number of alkyl halides is 1. The topological polar surface area (TPSA) is 21.3 Å².